The first-order valence-corrected chi connectivity index (χ1v) is 18.1. The minimum atomic E-state index is -2.67. The molecule has 6 rings (SSSR count). The number of carbonyl (C=O) groups is 5. The summed E-state index contributed by atoms with van der Waals surface area (Å²) in [5.41, 5.74) is -3.22. The van der Waals surface area contributed by atoms with Crippen LogP contribution in [0, 0.1) is 34.5 Å². The summed E-state index contributed by atoms with van der Waals surface area (Å²) >= 11 is 0. The van der Waals surface area contributed by atoms with Crippen LogP contribution in [0.3, 0.4) is 0 Å². The standard InChI is InChI=1S/C42H48O10/c1-21(2)33-35(46)31(22(3)43)37(48)42(51)38(49)34-36(47)32-29(19-40(34,4)20-41(33,42)5)28(15-16-30(32)45)25-11-7-23(8-12-25)17-27(44)18-24-9-13-26(14-10-24)39(50)52-6/h7-8,11-12,15-16,21,24,26,33,45,47-48,51H,9-10,13-14,17-20H2,1-6H3/t24?,26?,33?,40-,41-,42+/m1/s1. The molecule has 0 radical (unpaired) electrons. The largest absolute Gasteiger partial charge is 0.508 e. The van der Waals surface area contributed by atoms with Crippen molar-refractivity contribution in [2.45, 2.75) is 91.6 Å². The second kappa shape index (κ2) is 13.1. The molecule has 2 fully saturated rings. The molecule has 1 unspecified atom stereocenters. The van der Waals surface area contributed by atoms with Gasteiger partial charge in [0.1, 0.15) is 28.6 Å². The highest BCUT2D eigenvalue weighted by molar-refractivity contribution is 6.24. The van der Waals surface area contributed by atoms with Crippen LogP contribution in [0.25, 0.3) is 16.9 Å². The number of aliphatic hydroxyl groups excluding tert-OH is 2. The monoisotopic (exact) mass is 712 g/mol. The maximum absolute atomic E-state index is 14.6. The number of allylic oxidation sites excluding steroid dienone is 1. The Morgan fingerprint density at radius 2 is 1.58 bits per heavy atom. The molecule has 2 saturated carbocycles. The number of benzene rings is 2. The molecular weight excluding hydrogens is 664 g/mol. The third-order valence-corrected chi connectivity index (χ3v) is 12.5. The van der Waals surface area contributed by atoms with Crippen LogP contribution in [0.1, 0.15) is 89.8 Å². The molecule has 0 spiro atoms. The number of methoxy groups -OCH3 is 1. The Kier molecular flexibility index (Phi) is 9.39. The van der Waals surface area contributed by atoms with Gasteiger partial charge >= 0.3 is 5.97 Å². The van der Waals surface area contributed by atoms with Crippen molar-refractivity contribution in [1.29, 1.82) is 0 Å². The summed E-state index contributed by atoms with van der Waals surface area (Å²) in [6.45, 7) is 8.00. The molecule has 4 N–H and O–H groups in total. The maximum atomic E-state index is 14.6. The molecule has 4 atom stereocenters. The number of hydrogen-bond acceptors (Lipinski definition) is 10. The van der Waals surface area contributed by atoms with Crippen molar-refractivity contribution < 1.29 is 49.1 Å². The van der Waals surface area contributed by atoms with Gasteiger partial charge in [0.05, 0.1) is 18.6 Å². The van der Waals surface area contributed by atoms with E-state index in [2.05, 4.69) is 0 Å². The molecule has 2 aromatic carbocycles. The van der Waals surface area contributed by atoms with E-state index in [1.165, 1.54) is 13.2 Å². The van der Waals surface area contributed by atoms with E-state index in [0.29, 0.717) is 17.5 Å². The Bertz CT molecular complexity index is 1940. The lowest BCUT2D eigenvalue weighted by Crippen LogP contribution is -2.69. The van der Waals surface area contributed by atoms with Gasteiger partial charge in [0.25, 0.3) is 0 Å². The van der Waals surface area contributed by atoms with E-state index >= 15 is 0 Å². The second-order valence-corrected chi connectivity index (χ2v) is 16.3. The summed E-state index contributed by atoms with van der Waals surface area (Å²) < 4.78 is 4.87. The topological polar surface area (TPSA) is 176 Å². The van der Waals surface area contributed by atoms with Gasteiger partial charge in [0.15, 0.2) is 17.2 Å². The number of aromatic hydroxyl groups is 1. The summed E-state index contributed by atoms with van der Waals surface area (Å²) in [5, 5.41) is 46.6. The third kappa shape index (κ3) is 5.61. The Hall–Kier alpha value is -4.57. The highest BCUT2D eigenvalue weighted by atomic mass is 16.5. The van der Waals surface area contributed by atoms with Crippen molar-refractivity contribution in [1.82, 2.24) is 0 Å². The molecule has 10 heteroatoms. The molecule has 4 aliphatic carbocycles. The molecule has 4 aliphatic rings. The summed E-state index contributed by atoms with van der Waals surface area (Å²) in [7, 11) is 1.40. The van der Waals surface area contributed by atoms with Gasteiger partial charge in [-0.05, 0) is 85.6 Å². The number of Topliss-reactive ketones (excluding diaryl/α,β-unsaturated/α-hetero) is 4. The summed E-state index contributed by atoms with van der Waals surface area (Å²) in [4.78, 5) is 65.8. The maximum Gasteiger partial charge on any atom is 0.308 e. The van der Waals surface area contributed by atoms with Gasteiger partial charge in [-0.2, -0.15) is 0 Å². The zero-order chi connectivity index (χ0) is 38.1. The molecule has 0 aliphatic heterocycles. The van der Waals surface area contributed by atoms with E-state index in [-0.39, 0.29) is 59.7 Å². The van der Waals surface area contributed by atoms with Gasteiger partial charge < -0.3 is 25.2 Å². The number of fused-ring (bicyclic) bond motifs is 3. The lowest BCUT2D eigenvalue weighted by molar-refractivity contribution is -0.178. The first-order valence-electron chi connectivity index (χ1n) is 18.1. The highest BCUT2D eigenvalue weighted by Crippen LogP contribution is 2.65. The van der Waals surface area contributed by atoms with Crippen molar-refractivity contribution in [3.05, 3.63) is 70.0 Å². The number of esters is 1. The van der Waals surface area contributed by atoms with Crippen LogP contribution < -0.4 is 0 Å². The van der Waals surface area contributed by atoms with E-state index < -0.39 is 62.7 Å². The zero-order valence-corrected chi connectivity index (χ0v) is 30.7. The summed E-state index contributed by atoms with van der Waals surface area (Å²) in [5.74, 6) is -5.51. The van der Waals surface area contributed by atoms with Crippen molar-refractivity contribution in [2.75, 3.05) is 7.11 Å². The van der Waals surface area contributed by atoms with Crippen molar-refractivity contribution in [3.63, 3.8) is 0 Å². The summed E-state index contributed by atoms with van der Waals surface area (Å²) in [6, 6.07) is 10.7. The lowest BCUT2D eigenvalue weighted by Gasteiger charge is -2.59. The fourth-order valence-corrected chi connectivity index (χ4v) is 10.2. The number of carbonyl (C=O) groups excluding carboxylic acids is 5. The minimum absolute atomic E-state index is 0.00535. The van der Waals surface area contributed by atoms with E-state index in [4.69, 9.17) is 4.74 Å². The van der Waals surface area contributed by atoms with Gasteiger partial charge in [-0.25, -0.2) is 0 Å². The van der Waals surface area contributed by atoms with Crippen LogP contribution in [0.2, 0.25) is 0 Å². The average molecular weight is 713 g/mol. The molecule has 0 saturated heterocycles. The van der Waals surface area contributed by atoms with Crippen molar-refractivity contribution in [2.24, 2.45) is 34.5 Å². The van der Waals surface area contributed by atoms with Gasteiger partial charge in [0.2, 0.25) is 5.78 Å². The van der Waals surface area contributed by atoms with Crippen LogP contribution in [0.4, 0.5) is 0 Å². The quantitative estimate of drug-likeness (QED) is 0.179. The molecule has 10 nitrogen and oxygen atoms in total. The van der Waals surface area contributed by atoms with E-state index in [9.17, 15) is 44.4 Å². The number of hydrogen-bond donors (Lipinski definition) is 4. The van der Waals surface area contributed by atoms with E-state index in [1.54, 1.807) is 33.8 Å². The van der Waals surface area contributed by atoms with Crippen LogP contribution >= 0.6 is 0 Å². The van der Waals surface area contributed by atoms with Gasteiger partial charge in [-0.3, -0.25) is 24.0 Å². The van der Waals surface area contributed by atoms with Crippen LogP contribution in [-0.4, -0.2) is 62.2 Å². The normalized spacial score (nSPS) is 30.1. The summed E-state index contributed by atoms with van der Waals surface area (Å²) in [6.07, 6.45) is 3.96. The second-order valence-electron chi connectivity index (χ2n) is 16.3. The fourth-order valence-electron chi connectivity index (χ4n) is 10.2. The van der Waals surface area contributed by atoms with Gasteiger partial charge in [-0.15, -0.1) is 0 Å². The van der Waals surface area contributed by atoms with Crippen LogP contribution in [0.5, 0.6) is 5.75 Å². The number of aliphatic hydroxyl groups is 3. The number of ketones is 4. The third-order valence-electron chi connectivity index (χ3n) is 12.5. The molecule has 0 amide bonds. The smallest absolute Gasteiger partial charge is 0.308 e. The Labute approximate surface area is 303 Å². The van der Waals surface area contributed by atoms with Gasteiger partial charge in [-0.1, -0.05) is 58.0 Å². The molecule has 0 bridgehead atoms. The van der Waals surface area contributed by atoms with E-state index in [0.717, 1.165) is 43.7 Å². The average Bonchev–Trinajstić information content (AvgIpc) is 3.06. The first-order chi connectivity index (χ1) is 24.4. The lowest BCUT2D eigenvalue weighted by atomic mass is 9.43. The molecule has 276 valence electrons. The molecule has 0 heterocycles. The SMILES string of the molecule is COC(=O)C1CCC(CC(=O)Cc2ccc(-c3ccc(O)c4c3C[C@]3(C)C[C@]5(C)C(C(C)C)C(=O)C(C(C)=O)=C(O)[C@]5(O)C(=O)C3=C4O)cc2)CC1. The fraction of sp³-hybridized carbons (Fsp3) is 0.500. The molecule has 2 aromatic rings. The Morgan fingerprint density at radius 3 is 2.15 bits per heavy atom. The minimum Gasteiger partial charge on any atom is -0.508 e. The van der Waals surface area contributed by atoms with Crippen LogP contribution in [-0.2, 0) is 41.6 Å². The van der Waals surface area contributed by atoms with Crippen molar-refractivity contribution in [3.8, 4) is 16.9 Å². The number of phenolic OH excluding ortho intramolecular Hbond substituents is 1. The zero-order valence-electron chi connectivity index (χ0n) is 30.7. The first kappa shape index (κ1) is 37.2. The molecular formula is C42H48O10. The Balaban J connectivity index is 1.32. The van der Waals surface area contributed by atoms with Crippen molar-refractivity contribution >= 4 is 34.9 Å². The Morgan fingerprint density at radius 1 is 0.942 bits per heavy atom. The molecule has 52 heavy (non-hydrogen) atoms. The van der Waals surface area contributed by atoms with E-state index in [1.807, 2.05) is 24.3 Å². The predicted molar refractivity (Wildman–Crippen MR) is 192 cm³/mol. The number of phenols is 1. The molecule has 0 aromatic heterocycles. The number of ether oxygens (including phenoxy) is 1. The number of rotatable bonds is 8. The van der Waals surface area contributed by atoms with Crippen LogP contribution in [0.15, 0.2) is 53.3 Å². The highest BCUT2D eigenvalue weighted by Gasteiger charge is 2.72. The van der Waals surface area contributed by atoms with Gasteiger partial charge in [0, 0.05) is 35.2 Å². The predicted octanol–water partition coefficient (Wildman–Crippen LogP) is 6.34.